The zero-order valence-electron chi connectivity index (χ0n) is 14.5. The molecule has 4 rings (SSSR count). The van der Waals surface area contributed by atoms with Crippen LogP contribution in [0.25, 0.3) is 11.5 Å². The van der Waals surface area contributed by atoms with E-state index in [-0.39, 0.29) is 5.91 Å². The Bertz CT molecular complexity index is 890. The van der Waals surface area contributed by atoms with Crippen molar-refractivity contribution >= 4 is 5.91 Å². The Morgan fingerprint density at radius 1 is 1.24 bits per heavy atom. The van der Waals surface area contributed by atoms with E-state index in [1.807, 2.05) is 18.0 Å². The number of rotatable bonds is 4. The monoisotopic (exact) mass is 335 g/mol. The van der Waals surface area contributed by atoms with Gasteiger partial charge in [0.25, 0.3) is 5.91 Å². The van der Waals surface area contributed by atoms with Crippen LogP contribution >= 0.6 is 0 Å². The summed E-state index contributed by atoms with van der Waals surface area (Å²) in [6.07, 6.45) is 4.39. The lowest BCUT2D eigenvalue weighted by Crippen LogP contribution is -2.50. The number of hydrogen-bond acceptors (Lipinski definition) is 3. The van der Waals surface area contributed by atoms with Gasteiger partial charge >= 0.3 is 0 Å². The summed E-state index contributed by atoms with van der Waals surface area (Å²) >= 11 is 0. The van der Waals surface area contributed by atoms with Crippen LogP contribution in [0.15, 0.2) is 53.3 Å². The van der Waals surface area contributed by atoms with Crippen LogP contribution in [0.5, 0.6) is 0 Å². The molecule has 1 aromatic carbocycles. The van der Waals surface area contributed by atoms with Crippen molar-refractivity contribution in [2.45, 2.75) is 13.3 Å². The number of amides is 1. The molecule has 25 heavy (non-hydrogen) atoms. The minimum Gasteiger partial charge on any atom is -0.463 e. The Morgan fingerprint density at radius 3 is 2.76 bits per heavy atom. The van der Waals surface area contributed by atoms with Crippen molar-refractivity contribution in [3.8, 4) is 11.5 Å². The summed E-state index contributed by atoms with van der Waals surface area (Å²) in [5.74, 6) is 1.18. The van der Waals surface area contributed by atoms with E-state index in [1.165, 1.54) is 11.1 Å². The van der Waals surface area contributed by atoms with E-state index in [0.29, 0.717) is 22.9 Å². The topological polar surface area (TPSA) is 51.3 Å². The van der Waals surface area contributed by atoms with Gasteiger partial charge in [-0.15, -0.1) is 0 Å². The van der Waals surface area contributed by atoms with Gasteiger partial charge < -0.3 is 9.32 Å². The lowest BCUT2D eigenvalue weighted by Gasteiger charge is -2.39. The van der Waals surface area contributed by atoms with Gasteiger partial charge in [-0.05, 0) is 42.5 Å². The van der Waals surface area contributed by atoms with Crippen LogP contribution in [0, 0.1) is 12.8 Å². The Kier molecular flexibility index (Phi) is 3.92. The Morgan fingerprint density at radius 2 is 2.04 bits per heavy atom. The third-order valence-electron chi connectivity index (χ3n) is 4.83. The Labute approximate surface area is 146 Å². The van der Waals surface area contributed by atoms with Gasteiger partial charge in [-0.2, -0.15) is 5.10 Å². The number of carbonyl (C=O) groups excluding carboxylic acids is 1. The molecule has 0 spiro atoms. The van der Waals surface area contributed by atoms with Crippen LogP contribution < -0.4 is 0 Å². The van der Waals surface area contributed by atoms with E-state index >= 15 is 0 Å². The molecule has 1 aliphatic heterocycles. The van der Waals surface area contributed by atoms with Gasteiger partial charge in [0, 0.05) is 26.3 Å². The second-order valence-corrected chi connectivity index (χ2v) is 6.75. The molecule has 0 bridgehead atoms. The highest BCUT2D eigenvalue weighted by molar-refractivity contribution is 5.99. The maximum atomic E-state index is 12.9. The first-order valence-corrected chi connectivity index (χ1v) is 8.53. The van der Waals surface area contributed by atoms with Crippen LogP contribution in [0.2, 0.25) is 0 Å². The van der Waals surface area contributed by atoms with Crippen molar-refractivity contribution in [1.82, 2.24) is 14.7 Å². The van der Waals surface area contributed by atoms with E-state index in [1.54, 1.807) is 23.2 Å². The Hall–Kier alpha value is -2.82. The van der Waals surface area contributed by atoms with E-state index < -0.39 is 0 Å². The molecule has 1 saturated heterocycles. The van der Waals surface area contributed by atoms with Gasteiger partial charge in [0.15, 0.2) is 5.76 Å². The highest BCUT2D eigenvalue weighted by Gasteiger charge is 2.33. The molecule has 128 valence electrons. The molecule has 1 aliphatic rings. The molecule has 0 atom stereocenters. The van der Waals surface area contributed by atoms with Gasteiger partial charge in [0.05, 0.1) is 11.8 Å². The molecule has 3 heterocycles. The fourth-order valence-electron chi connectivity index (χ4n) is 3.43. The van der Waals surface area contributed by atoms with Gasteiger partial charge in [0.2, 0.25) is 0 Å². The highest BCUT2D eigenvalue weighted by atomic mass is 16.3. The molecule has 0 saturated carbocycles. The number of benzene rings is 1. The summed E-state index contributed by atoms with van der Waals surface area (Å²) in [6, 6.07) is 12.1. The average molecular weight is 335 g/mol. The van der Waals surface area contributed by atoms with E-state index in [4.69, 9.17) is 4.42 Å². The summed E-state index contributed by atoms with van der Waals surface area (Å²) in [4.78, 5) is 14.7. The fourth-order valence-corrected chi connectivity index (χ4v) is 3.43. The predicted molar refractivity (Wildman–Crippen MR) is 95.2 cm³/mol. The predicted octanol–water partition coefficient (Wildman–Crippen LogP) is 3.30. The van der Waals surface area contributed by atoms with Gasteiger partial charge in [-0.3, -0.25) is 9.48 Å². The second kappa shape index (κ2) is 6.24. The zero-order chi connectivity index (χ0) is 17.4. The maximum absolute atomic E-state index is 12.9. The molecule has 1 amide bonds. The van der Waals surface area contributed by atoms with Crippen molar-refractivity contribution in [1.29, 1.82) is 0 Å². The normalized spacial score (nSPS) is 14.6. The third-order valence-corrected chi connectivity index (χ3v) is 4.83. The minimum absolute atomic E-state index is 0.0283. The lowest BCUT2D eigenvalue weighted by atomic mass is 9.90. The molecule has 5 heteroatoms. The average Bonchev–Trinajstić information content (AvgIpc) is 3.20. The van der Waals surface area contributed by atoms with Crippen molar-refractivity contribution in [2.75, 3.05) is 13.1 Å². The molecule has 1 fully saturated rings. The van der Waals surface area contributed by atoms with Crippen LogP contribution in [-0.4, -0.2) is 33.7 Å². The highest BCUT2D eigenvalue weighted by Crippen LogP contribution is 2.28. The SMILES string of the molecule is Cc1ccccc1CC1CN(C(=O)c2cn(C)nc2-c2ccco2)C1. The van der Waals surface area contributed by atoms with E-state index in [2.05, 4.69) is 36.3 Å². The van der Waals surface area contributed by atoms with Gasteiger partial charge in [0.1, 0.15) is 5.69 Å². The standard InChI is InChI=1S/C20H21N3O2/c1-14-6-3-4-7-16(14)10-15-11-23(12-15)20(24)17-13-22(2)21-19(17)18-8-5-9-25-18/h3-9,13,15H,10-12H2,1-2H3. The van der Waals surface area contributed by atoms with Crippen LogP contribution in [0.3, 0.4) is 0 Å². The smallest absolute Gasteiger partial charge is 0.257 e. The van der Waals surface area contributed by atoms with Crippen molar-refractivity contribution < 1.29 is 9.21 Å². The van der Waals surface area contributed by atoms with Crippen LogP contribution in [0.1, 0.15) is 21.5 Å². The lowest BCUT2D eigenvalue weighted by molar-refractivity contribution is 0.0501. The summed E-state index contributed by atoms with van der Waals surface area (Å²) < 4.78 is 7.08. The number of hydrogen-bond donors (Lipinski definition) is 0. The first-order valence-electron chi connectivity index (χ1n) is 8.53. The Balaban J connectivity index is 1.45. The largest absolute Gasteiger partial charge is 0.463 e. The number of aryl methyl sites for hydroxylation is 2. The van der Waals surface area contributed by atoms with Gasteiger partial charge in [-0.1, -0.05) is 24.3 Å². The molecular formula is C20H21N3O2. The third kappa shape index (κ3) is 2.97. The summed E-state index contributed by atoms with van der Waals surface area (Å²) in [7, 11) is 1.82. The molecular weight excluding hydrogens is 314 g/mol. The number of likely N-dealkylation sites (tertiary alicyclic amines) is 1. The minimum atomic E-state index is 0.0283. The van der Waals surface area contributed by atoms with Crippen LogP contribution in [-0.2, 0) is 13.5 Å². The molecule has 0 unspecified atom stereocenters. The molecule has 5 nitrogen and oxygen atoms in total. The van der Waals surface area contributed by atoms with Gasteiger partial charge in [-0.25, -0.2) is 0 Å². The number of carbonyl (C=O) groups is 1. The molecule has 2 aromatic heterocycles. The second-order valence-electron chi connectivity index (χ2n) is 6.75. The maximum Gasteiger partial charge on any atom is 0.257 e. The molecule has 0 aliphatic carbocycles. The quantitative estimate of drug-likeness (QED) is 0.735. The van der Waals surface area contributed by atoms with Crippen molar-refractivity contribution in [3.63, 3.8) is 0 Å². The van der Waals surface area contributed by atoms with Crippen molar-refractivity contribution in [2.24, 2.45) is 13.0 Å². The van der Waals surface area contributed by atoms with E-state index in [9.17, 15) is 4.79 Å². The van der Waals surface area contributed by atoms with Crippen molar-refractivity contribution in [3.05, 3.63) is 65.5 Å². The summed E-state index contributed by atoms with van der Waals surface area (Å²) in [6.45, 7) is 3.72. The fraction of sp³-hybridized carbons (Fsp3) is 0.300. The number of aromatic nitrogens is 2. The first kappa shape index (κ1) is 15.7. The molecule has 0 N–H and O–H groups in total. The van der Waals surface area contributed by atoms with E-state index in [0.717, 1.165) is 19.5 Å². The summed E-state index contributed by atoms with van der Waals surface area (Å²) in [5, 5.41) is 4.39. The molecule has 3 aromatic rings. The summed E-state index contributed by atoms with van der Waals surface area (Å²) in [5.41, 5.74) is 3.91. The zero-order valence-corrected chi connectivity index (χ0v) is 14.5. The molecule has 0 radical (unpaired) electrons. The first-order chi connectivity index (χ1) is 12.1. The van der Waals surface area contributed by atoms with Crippen LogP contribution in [0.4, 0.5) is 0 Å². The number of furan rings is 1. The number of nitrogens with zero attached hydrogens (tertiary/aromatic N) is 3.